The van der Waals surface area contributed by atoms with Gasteiger partial charge in [-0.1, -0.05) is 18.2 Å². The van der Waals surface area contributed by atoms with Crippen molar-refractivity contribution in [2.24, 2.45) is 7.05 Å². The standard InChI is InChI=1S/C39H46F3N11O3S/c1-26-23-51(25-45-26)36-33(39(40,41)42)22-44-37(47-36)46-30-12-17-52(18-13-30)57(56)31-7-4-6-27(20-31)24-50-15-10-28(11-16-50)29-8-9-32-34(21-29)49(3)48-35(32)53(14-5-19-54)38(55)43-2/h4,6-9,19-23,25,28,30H,5,10-18,24H2,1-3H3,(H,43,55)(H,44,46,47). The number of hydrogen-bond donors (Lipinski definition) is 2. The Morgan fingerprint density at radius 2 is 1.82 bits per heavy atom. The Hall–Kier alpha value is -5.20. The predicted molar refractivity (Wildman–Crippen MR) is 210 cm³/mol. The van der Waals surface area contributed by atoms with Crippen LogP contribution in [0.3, 0.4) is 0 Å². The Labute approximate surface area is 331 Å². The highest BCUT2D eigenvalue weighted by molar-refractivity contribution is 7.82. The number of hydrogen-bond acceptors (Lipinski definition) is 9. The summed E-state index contributed by atoms with van der Waals surface area (Å²) in [7, 11) is 2.06. The Bertz CT molecular complexity index is 2250. The third kappa shape index (κ3) is 9.02. The summed E-state index contributed by atoms with van der Waals surface area (Å²) in [6.45, 7) is 5.58. The number of fused-ring (bicyclic) bond motifs is 1. The number of aryl methyl sites for hydroxylation is 2. The van der Waals surface area contributed by atoms with Gasteiger partial charge >= 0.3 is 12.2 Å². The smallest absolute Gasteiger partial charge is 0.351 e. The molecule has 2 amide bonds. The summed E-state index contributed by atoms with van der Waals surface area (Å²) in [5.74, 6) is 0.714. The average Bonchev–Trinajstić information content (AvgIpc) is 3.80. The Morgan fingerprint density at radius 1 is 1.05 bits per heavy atom. The van der Waals surface area contributed by atoms with Crippen LogP contribution in [-0.4, -0.2) is 101 Å². The molecule has 2 N–H and O–H groups in total. The molecule has 2 aliphatic heterocycles. The van der Waals surface area contributed by atoms with Gasteiger partial charge in [-0.15, -0.1) is 0 Å². The van der Waals surface area contributed by atoms with E-state index in [1.807, 2.05) is 35.6 Å². The van der Waals surface area contributed by atoms with Gasteiger partial charge in [-0.3, -0.25) is 19.0 Å². The number of anilines is 2. The van der Waals surface area contributed by atoms with Crippen molar-refractivity contribution in [1.29, 1.82) is 0 Å². The molecule has 0 radical (unpaired) electrons. The normalized spacial score (nSPS) is 16.8. The maximum Gasteiger partial charge on any atom is 0.421 e. The number of imidazole rings is 1. The molecular weight excluding hydrogens is 760 g/mol. The van der Waals surface area contributed by atoms with Crippen LogP contribution in [0.4, 0.5) is 29.7 Å². The van der Waals surface area contributed by atoms with Gasteiger partial charge in [0, 0.05) is 70.5 Å². The van der Waals surface area contributed by atoms with Crippen molar-refractivity contribution in [2.75, 3.05) is 50.0 Å². The van der Waals surface area contributed by atoms with Crippen LogP contribution in [0.2, 0.25) is 0 Å². The quantitative estimate of drug-likeness (QED) is 0.154. The number of halogens is 3. The van der Waals surface area contributed by atoms with E-state index >= 15 is 0 Å². The minimum Gasteiger partial charge on any atom is -0.351 e. The molecule has 2 saturated heterocycles. The SMILES string of the molecule is CNC(=O)N(CCC=O)c1nn(C)c2cc(C3CCN(Cc4cccc(S(=O)N5CCC(Nc6ncc(C(F)(F)F)c(-n7cnc(C)c7)n6)CC5)c4)CC3)ccc12. The van der Waals surface area contributed by atoms with Crippen molar-refractivity contribution in [3.05, 3.63) is 83.6 Å². The van der Waals surface area contributed by atoms with Gasteiger partial charge < -0.3 is 15.4 Å². The Balaban J connectivity index is 0.925. The van der Waals surface area contributed by atoms with E-state index in [1.54, 1.807) is 18.7 Å². The molecule has 18 heteroatoms. The number of nitrogens with zero attached hydrogens (tertiary/aromatic N) is 9. The van der Waals surface area contributed by atoms with Crippen LogP contribution in [-0.2, 0) is 35.5 Å². The lowest BCUT2D eigenvalue weighted by molar-refractivity contribution is -0.138. The topological polar surface area (TPSA) is 146 Å². The fourth-order valence-corrected chi connectivity index (χ4v) is 8.93. The van der Waals surface area contributed by atoms with Crippen molar-refractivity contribution < 1.29 is 27.0 Å². The fourth-order valence-electron chi connectivity index (χ4n) is 7.64. The van der Waals surface area contributed by atoms with E-state index in [1.165, 1.54) is 27.6 Å². The summed E-state index contributed by atoms with van der Waals surface area (Å²) in [6, 6.07) is 13.8. The lowest BCUT2D eigenvalue weighted by Crippen LogP contribution is -2.40. The lowest BCUT2D eigenvalue weighted by Gasteiger charge is -2.33. The second kappa shape index (κ2) is 17.1. The highest BCUT2D eigenvalue weighted by Crippen LogP contribution is 2.35. The monoisotopic (exact) mass is 805 g/mol. The van der Waals surface area contributed by atoms with Crippen LogP contribution in [0.25, 0.3) is 16.7 Å². The molecule has 57 heavy (non-hydrogen) atoms. The number of likely N-dealkylation sites (tertiary alicyclic amines) is 1. The fraction of sp³-hybridized carbons (Fsp3) is 0.436. The van der Waals surface area contributed by atoms with Gasteiger partial charge in [0.2, 0.25) is 5.95 Å². The van der Waals surface area contributed by atoms with Crippen LogP contribution in [0.5, 0.6) is 0 Å². The van der Waals surface area contributed by atoms with Crippen molar-refractivity contribution >= 4 is 46.0 Å². The number of rotatable bonds is 12. The Morgan fingerprint density at radius 3 is 2.51 bits per heavy atom. The lowest BCUT2D eigenvalue weighted by atomic mass is 9.89. The van der Waals surface area contributed by atoms with Crippen LogP contribution in [0, 0.1) is 6.92 Å². The molecule has 0 aliphatic carbocycles. The van der Waals surface area contributed by atoms with Gasteiger partial charge in [-0.25, -0.2) is 23.3 Å². The first-order valence-corrected chi connectivity index (χ1v) is 20.1. The molecule has 14 nitrogen and oxygen atoms in total. The first-order valence-electron chi connectivity index (χ1n) is 19.0. The molecule has 5 aromatic rings. The zero-order chi connectivity index (χ0) is 40.3. The largest absolute Gasteiger partial charge is 0.421 e. The molecule has 2 fully saturated rings. The number of aromatic nitrogens is 6. The van der Waals surface area contributed by atoms with E-state index in [-0.39, 0.29) is 36.8 Å². The molecule has 2 aromatic carbocycles. The zero-order valence-corrected chi connectivity index (χ0v) is 32.9. The molecule has 3 aromatic heterocycles. The minimum atomic E-state index is -4.63. The number of amides is 2. The summed E-state index contributed by atoms with van der Waals surface area (Å²) in [4.78, 5) is 40.5. The number of benzene rings is 2. The Kier molecular flexibility index (Phi) is 12.0. The third-order valence-electron chi connectivity index (χ3n) is 10.7. The predicted octanol–water partition coefficient (Wildman–Crippen LogP) is 5.59. The first kappa shape index (κ1) is 40.0. The van der Waals surface area contributed by atoms with Crippen molar-refractivity contribution in [3.8, 4) is 5.82 Å². The van der Waals surface area contributed by atoms with Gasteiger partial charge in [-0.2, -0.15) is 23.3 Å². The molecule has 302 valence electrons. The number of carbonyl (C=O) groups is 2. The molecule has 0 spiro atoms. The zero-order valence-electron chi connectivity index (χ0n) is 32.1. The van der Waals surface area contributed by atoms with E-state index in [0.717, 1.165) is 66.3 Å². The van der Waals surface area contributed by atoms with Crippen LogP contribution in [0.1, 0.15) is 60.4 Å². The van der Waals surface area contributed by atoms with E-state index in [2.05, 4.69) is 53.8 Å². The molecule has 0 saturated carbocycles. The van der Waals surface area contributed by atoms with Crippen LogP contribution < -0.4 is 15.5 Å². The maximum atomic E-state index is 13.7. The summed E-state index contributed by atoms with van der Waals surface area (Å²) in [5.41, 5.74) is 2.88. The maximum absolute atomic E-state index is 13.7. The van der Waals surface area contributed by atoms with Crippen LogP contribution in [0.15, 0.2) is 66.1 Å². The molecule has 1 atom stereocenters. The number of aldehydes is 1. The van der Waals surface area contributed by atoms with Gasteiger partial charge in [-0.05, 0) is 87.0 Å². The number of urea groups is 1. The highest BCUT2D eigenvalue weighted by atomic mass is 32.2. The average molecular weight is 806 g/mol. The van der Waals surface area contributed by atoms with E-state index in [4.69, 9.17) is 0 Å². The number of piperidine rings is 2. The first-order chi connectivity index (χ1) is 27.4. The molecular formula is C39H46F3N11O3S. The van der Waals surface area contributed by atoms with Crippen molar-refractivity contribution in [1.82, 2.24) is 43.8 Å². The van der Waals surface area contributed by atoms with Gasteiger partial charge in [0.25, 0.3) is 0 Å². The summed E-state index contributed by atoms with van der Waals surface area (Å²) >= 11 is 0. The number of nitrogens with one attached hydrogen (secondary N) is 2. The highest BCUT2D eigenvalue weighted by Gasteiger charge is 2.36. The summed E-state index contributed by atoms with van der Waals surface area (Å²) in [6.07, 6.45) is 3.17. The van der Waals surface area contributed by atoms with Crippen LogP contribution >= 0.6 is 0 Å². The molecule has 0 bridgehead atoms. The second-order valence-corrected chi connectivity index (χ2v) is 16.0. The van der Waals surface area contributed by atoms with Gasteiger partial charge in [0.05, 0.1) is 16.1 Å². The second-order valence-electron chi connectivity index (χ2n) is 14.5. The van der Waals surface area contributed by atoms with Crippen molar-refractivity contribution in [2.45, 2.75) is 68.6 Å². The molecule has 2 aliphatic rings. The van der Waals surface area contributed by atoms with Crippen molar-refractivity contribution in [3.63, 3.8) is 0 Å². The number of alkyl halides is 3. The van der Waals surface area contributed by atoms with Gasteiger partial charge in [0.1, 0.15) is 29.2 Å². The number of carbonyl (C=O) groups excluding carboxylic acids is 2. The van der Waals surface area contributed by atoms with Gasteiger partial charge in [0.15, 0.2) is 11.6 Å². The summed E-state index contributed by atoms with van der Waals surface area (Å²) in [5, 5.41) is 11.3. The van der Waals surface area contributed by atoms with E-state index in [0.29, 0.717) is 43.4 Å². The third-order valence-corrected chi connectivity index (χ3v) is 12.1. The van der Waals surface area contributed by atoms with E-state index < -0.39 is 22.7 Å². The minimum absolute atomic E-state index is 0.0938. The molecule has 5 heterocycles. The molecule has 7 rings (SSSR count). The molecule has 1 unspecified atom stereocenters. The summed E-state index contributed by atoms with van der Waals surface area (Å²) < 4.78 is 59.9. The van der Waals surface area contributed by atoms with E-state index in [9.17, 15) is 27.0 Å².